The van der Waals surface area contributed by atoms with Crippen molar-refractivity contribution in [2.75, 3.05) is 6.61 Å². The third-order valence-electron chi connectivity index (χ3n) is 1.96. The maximum absolute atomic E-state index is 10.6. The highest BCUT2D eigenvalue weighted by atomic mass is 32.2. The summed E-state index contributed by atoms with van der Waals surface area (Å²) in [5.74, 6) is 0. The first-order valence-electron chi connectivity index (χ1n) is 4.57. The van der Waals surface area contributed by atoms with Gasteiger partial charge in [-0.25, -0.2) is 0 Å². The highest BCUT2D eigenvalue weighted by molar-refractivity contribution is 8.00. The second kappa shape index (κ2) is 5.14. The summed E-state index contributed by atoms with van der Waals surface area (Å²) in [6, 6.07) is 4.98. The molecular formula is C10H13NO3S. The Morgan fingerprint density at radius 3 is 2.73 bits per heavy atom. The summed E-state index contributed by atoms with van der Waals surface area (Å²) in [6.07, 6.45) is 0. The van der Waals surface area contributed by atoms with Gasteiger partial charge in [0.15, 0.2) is 0 Å². The van der Waals surface area contributed by atoms with Crippen LogP contribution in [0.4, 0.5) is 5.69 Å². The van der Waals surface area contributed by atoms with Crippen LogP contribution in [0.5, 0.6) is 0 Å². The number of aryl methyl sites for hydroxylation is 1. The lowest BCUT2D eigenvalue weighted by molar-refractivity contribution is -0.385. The van der Waals surface area contributed by atoms with E-state index in [4.69, 9.17) is 5.11 Å². The van der Waals surface area contributed by atoms with Gasteiger partial charge in [-0.3, -0.25) is 10.1 Å². The number of nitro groups is 1. The highest BCUT2D eigenvalue weighted by Gasteiger charge is 2.11. The number of rotatable bonds is 4. The molecule has 82 valence electrons. The maximum Gasteiger partial charge on any atom is 0.272 e. The monoisotopic (exact) mass is 227 g/mol. The molecule has 0 fully saturated rings. The highest BCUT2D eigenvalue weighted by Crippen LogP contribution is 2.27. The zero-order valence-corrected chi connectivity index (χ0v) is 9.45. The summed E-state index contributed by atoms with van der Waals surface area (Å²) in [4.78, 5) is 11.1. The molecule has 0 aliphatic carbocycles. The molecule has 0 bridgehead atoms. The first-order valence-corrected chi connectivity index (χ1v) is 5.45. The quantitative estimate of drug-likeness (QED) is 0.487. The maximum atomic E-state index is 10.6. The van der Waals surface area contributed by atoms with E-state index in [2.05, 4.69) is 0 Å². The van der Waals surface area contributed by atoms with Crippen LogP contribution in [-0.4, -0.2) is 21.9 Å². The molecule has 0 saturated heterocycles. The smallest absolute Gasteiger partial charge is 0.272 e. The van der Waals surface area contributed by atoms with Crippen molar-refractivity contribution in [3.05, 3.63) is 33.9 Å². The van der Waals surface area contributed by atoms with Crippen LogP contribution in [0.2, 0.25) is 0 Å². The van der Waals surface area contributed by atoms with E-state index in [1.807, 2.05) is 6.92 Å². The van der Waals surface area contributed by atoms with Gasteiger partial charge in [0.05, 0.1) is 11.5 Å². The van der Waals surface area contributed by atoms with Gasteiger partial charge >= 0.3 is 0 Å². The number of hydrogen-bond donors (Lipinski definition) is 1. The predicted molar refractivity (Wildman–Crippen MR) is 60.2 cm³/mol. The fourth-order valence-electron chi connectivity index (χ4n) is 1.18. The molecule has 0 amide bonds. The third-order valence-corrected chi connectivity index (χ3v) is 3.04. The standard InChI is InChI=1S/C10H13NO3S/c1-7-5-9(15-8(2)6-12)3-4-10(7)11(13)14/h3-5,8,12H,6H2,1-2H3. The van der Waals surface area contributed by atoms with E-state index in [1.54, 1.807) is 19.1 Å². The Kier molecular flexibility index (Phi) is 4.11. The van der Waals surface area contributed by atoms with E-state index >= 15 is 0 Å². The molecule has 4 nitrogen and oxygen atoms in total. The van der Waals surface area contributed by atoms with Crippen molar-refractivity contribution in [3.8, 4) is 0 Å². The topological polar surface area (TPSA) is 63.4 Å². The van der Waals surface area contributed by atoms with Gasteiger partial charge in [-0.2, -0.15) is 0 Å². The second-order valence-corrected chi connectivity index (χ2v) is 4.83. The number of thioether (sulfide) groups is 1. The largest absolute Gasteiger partial charge is 0.395 e. The van der Waals surface area contributed by atoms with Gasteiger partial charge in [0.25, 0.3) is 5.69 Å². The van der Waals surface area contributed by atoms with Gasteiger partial charge in [-0.1, -0.05) is 6.92 Å². The molecule has 0 aromatic heterocycles. The summed E-state index contributed by atoms with van der Waals surface area (Å²) in [5.41, 5.74) is 0.783. The molecule has 1 N–H and O–H groups in total. The van der Waals surface area contributed by atoms with Crippen molar-refractivity contribution in [2.24, 2.45) is 0 Å². The summed E-state index contributed by atoms with van der Waals surface area (Å²) in [5, 5.41) is 19.6. The predicted octanol–water partition coefficient (Wildman–Crippen LogP) is 2.38. The van der Waals surface area contributed by atoms with Gasteiger partial charge < -0.3 is 5.11 Å². The molecule has 0 spiro atoms. The van der Waals surface area contributed by atoms with Crippen LogP contribution < -0.4 is 0 Å². The van der Waals surface area contributed by atoms with Crippen LogP contribution in [0.1, 0.15) is 12.5 Å². The van der Waals surface area contributed by atoms with Crippen LogP contribution in [0, 0.1) is 17.0 Å². The average molecular weight is 227 g/mol. The van der Waals surface area contributed by atoms with E-state index in [-0.39, 0.29) is 22.5 Å². The van der Waals surface area contributed by atoms with Crippen molar-refractivity contribution in [2.45, 2.75) is 24.0 Å². The molecule has 1 atom stereocenters. The lowest BCUT2D eigenvalue weighted by Gasteiger charge is -2.07. The summed E-state index contributed by atoms with van der Waals surface area (Å²) in [6.45, 7) is 3.72. The normalized spacial score (nSPS) is 12.5. The minimum atomic E-state index is -0.390. The van der Waals surface area contributed by atoms with Crippen LogP contribution >= 0.6 is 11.8 Å². The number of nitro benzene ring substituents is 1. The Bertz CT molecular complexity index is 368. The van der Waals surface area contributed by atoms with Gasteiger partial charge in [0.2, 0.25) is 0 Å². The molecule has 1 aromatic rings. The lowest BCUT2D eigenvalue weighted by atomic mass is 10.2. The number of hydrogen-bond acceptors (Lipinski definition) is 4. The Hall–Kier alpha value is -1.07. The molecule has 0 radical (unpaired) electrons. The number of aliphatic hydroxyl groups is 1. The summed E-state index contributed by atoms with van der Waals surface area (Å²) >= 11 is 1.51. The van der Waals surface area contributed by atoms with Gasteiger partial charge in [-0.15, -0.1) is 11.8 Å². The zero-order chi connectivity index (χ0) is 11.4. The molecule has 1 rings (SSSR count). The lowest BCUT2D eigenvalue weighted by Crippen LogP contribution is -2.01. The van der Waals surface area contributed by atoms with Gasteiger partial charge in [0.1, 0.15) is 0 Å². The Labute approximate surface area is 92.5 Å². The Morgan fingerprint density at radius 1 is 1.60 bits per heavy atom. The van der Waals surface area contributed by atoms with E-state index in [0.29, 0.717) is 5.56 Å². The molecule has 1 aromatic carbocycles. The van der Waals surface area contributed by atoms with Crippen molar-refractivity contribution < 1.29 is 10.0 Å². The summed E-state index contributed by atoms with van der Waals surface area (Å²) < 4.78 is 0. The zero-order valence-electron chi connectivity index (χ0n) is 8.64. The van der Waals surface area contributed by atoms with Crippen molar-refractivity contribution >= 4 is 17.4 Å². The minimum absolute atomic E-state index is 0.0979. The van der Waals surface area contributed by atoms with E-state index < -0.39 is 0 Å². The molecule has 1 unspecified atom stereocenters. The molecule has 0 aliphatic rings. The SMILES string of the molecule is Cc1cc(SC(C)CO)ccc1[N+](=O)[O-]. The van der Waals surface area contributed by atoms with E-state index in [0.717, 1.165) is 4.90 Å². The average Bonchev–Trinajstić information content (AvgIpc) is 2.17. The molecule has 0 heterocycles. The molecule has 15 heavy (non-hydrogen) atoms. The van der Waals surface area contributed by atoms with E-state index in [9.17, 15) is 10.1 Å². The van der Waals surface area contributed by atoms with Crippen molar-refractivity contribution in [1.82, 2.24) is 0 Å². The fourth-order valence-corrected chi connectivity index (χ4v) is 2.11. The third kappa shape index (κ3) is 3.21. The number of benzene rings is 1. The molecular weight excluding hydrogens is 214 g/mol. The first kappa shape index (κ1) is 12.0. The Balaban J connectivity index is 2.87. The number of nitrogens with zero attached hydrogens (tertiary/aromatic N) is 1. The van der Waals surface area contributed by atoms with Crippen LogP contribution in [0.3, 0.4) is 0 Å². The first-order chi connectivity index (χ1) is 7.04. The van der Waals surface area contributed by atoms with Crippen molar-refractivity contribution in [3.63, 3.8) is 0 Å². The van der Waals surface area contributed by atoms with Crippen LogP contribution in [0.15, 0.2) is 23.1 Å². The van der Waals surface area contributed by atoms with Gasteiger partial charge in [-0.05, 0) is 19.1 Å². The van der Waals surface area contributed by atoms with Crippen LogP contribution in [-0.2, 0) is 0 Å². The Morgan fingerprint density at radius 2 is 2.27 bits per heavy atom. The summed E-state index contributed by atoms with van der Waals surface area (Å²) in [7, 11) is 0. The second-order valence-electron chi connectivity index (χ2n) is 3.32. The van der Waals surface area contributed by atoms with E-state index in [1.165, 1.54) is 17.8 Å². The molecule has 0 saturated carbocycles. The van der Waals surface area contributed by atoms with Crippen molar-refractivity contribution in [1.29, 1.82) is 0 Å². The number of aliphatic hydroxyl groups excluding tert-OH is 1. The minimum Gasteiger partial charge on any atom is -0.395 e. The van der Waals surface area contributed by atoms with Crippen LogP contribution in [0.25, 0.3) is 0 Å². The van der Waals surface area contributed by atoms with Gasteiger partial charge in [0, 0.05) is 21.8 Å². The molecule has 0 aliphatic heterocycles. The molecule has 5 heteroatoms. The fraction of sp³-hybridized carbons (Fsp3) is 0.400.